The molecule has 1 N–H and O–H groups in total. The number of nitro groups is 1. The number of amides is 1. The summed E-state index contributed by atoms with van der Waals surface area (Å²) in [5.41, 5.74) is 0.162. The van der Waals surface area contributed by atoms with Gasteiger partial charge >= 0.3 is 17.6 Å². The monoisotopic (exact) mass is 376 g/mol. The molecule has 2 aromatic rings. The number of carbonyl (C=O) groups excluding carboxylic acids is 3. The van der Waals surface area contributed by atoms with Gasteiger partial charge in [-0.25, -0.2) is 9.59 Å². The van der Waals surface area contributed by atoms with Crippen molar-refractivity contribution in [3.8, 4) is 0 Å². The molecule has 0 unspecified atom stereocenters. The fourth-order valence-electron chi connectivity index (χ4n) is 2.18. The second-order valence-electron chi connectivity index (χ2n) is 5.30. The highest BCUT2D eigenvalue weighted by Crippen LogP contribution is 2.17. The number of aryl methyl sites for hydroxylation is 1. The predicted molar refractivity (Wildman–Crippen MR) is 91.2 cm³/mol. The van der Waals surface area contributed by atoms with Crippen molar-refractivity contribution in [2.24, 2.45) is 0 Å². The Bertz CT molecular complexity index is 856. The summed E-state index contributed by atoms with van der Waals surface area (Å²) < 4.78 is 10.5. The molecule has 1 amide bonds. The second kappa shape index (κ2) is 8.56. The van der Waals surface area contributed by atoms with Crippen LogP contribution in [0.1, 0.15) is 27.1 Å². The number of nitrogens with zero attached hydrogens (tertiary/aromatic N) is 3. The summed E-state index contributed by atoms with van der Waals surface area (Å²) >= 11 is 0. The molecule has 1 aromatic carbocycles. The fourth-order valence-corrected chi connectivity index (χ4v) is 2.18. The van der Waals surface area contributed by atoms with Crippen molar-refractivity contribution in [1.82, 2.24) is 9.78 Å². The summed E-state index contributed by atoms with van der Waals surface area (Å²) in [6.07, 6.45) is 2.26. The summed E-state index contributed by atoms with van der Waals surface area (Å²) in [5.74, 6) is -1.80. The van der Waals surface area contributed by atoms with Crippen LogP contribution in [0.4, 0.5) is 11.4 Å². The Balaban J connectivity index is 2.09. The van der Waals surface area contributed by atoms with Crippen LogP contribution in [-0.4, -0.2) is 46.8 Å². The van der Waals surface area contributed by atoms with E-state index in [1.54, 1.807) is 0 Å². The normalized spacial score (nSPS) is 10.1. The van der Waals surface area contributed by atoms with Crippen LogP contribution in [0.25, 0.3) is 0 Å². The van der Waals surface area contributed by atoms with Gasteiger partial charge in [0, 0.05) is 18.7 Å². The van der Waals surface area contributed by atoms with Gasteiger partial charge in [-0.1, -0.05) is 0 Å². The van der Waals surface area contributed by atoms with Gasteiger partial charge in [0.05, 0.1) is 30.3 Å². The molecule has 0 aliphatic heterocycles. The summed E-state index contributed by atoms with van der Waals surface area (Å²) in [6.45, 7) is 0.111. The molecule has 11 nitrogen and oxygen atoms in total. The molecule has 0 spiro atoms. The topological polar surface area (TPSA) is 143 Å². The quantitative estimate of drug-likeness (QED) is 0.434. The van der Waals surface area contributed by atoms with Gasteiger partial charge in [-0.05, 0) is 18.2 Å². The van der Waals surface area contributed by atoms with E-state index in [0.29, 0.717) is 0 Å². The van der Waals surface area contributed by atoms with Gasteiger partial charge in [0.25, 0.3) is 0 Å². The number of ether oxygens (including phenoxy) is 2. The van der Waals surface area contributed by atoms with E-state index in [0.717, 1.165) is 6.20 Å². The third-order valence-corrected chi connectivity index (χ3v) is 3.46. The highest BCUT2D eigenvalue weighted by Gasteiger charge is 2.15. The average molecular weight is 376 g/mol. The van der Waals surface area contributed by atoms with Crippen LogP contribution in [0.3, 0.4) is 0 Å². The average Bonchev–Trinajstić information content (AvgIpc) is 3.14. The fraction of sp³-hybridized carbons (Fsp3) is 0.250. The van der Waals surface area contributed by atoms with Crippen molar-refractivity contribution in [1.29, 1.82) is 0 Å². The molecule has 142 valence electrons. The lowest BCUT2D eigenvalue weighted by atomic mass is 10.1. The van der Waals surface area contributed by atoms with E-state index in [1.807, 2.05) is 0 Å². The minimum atomic E-state index is -0.680. The van der Waals surface area contributed by atoms with Crippen molar-refractivity contribution in [3.05, 3.63) is 51.8 Å². The van der Waals surface area contributed by atoms with Crippen molar-refractivity contribution in [2.75, 3.05) is 19.5 Å². The van der Waals surface area contributed by atoms with E-state index >= 15 is 0 Å². The number of benzene rings is 1. The van der Waals surface area contributed by atoms with E-state index < -0.39 is 22.8 Å². The van der Waals surface area contributed by atoms with Crippen LogP contribution in [-0.2, 0) is 20.8 Å². The van der Waals surface area contributed by atoms with E-state index in [-0.39, 0.29) is 35.5 Å². The minimum Gasteiger partial charge on any atom is -0.465 e. The minimum absolute atomic E-state index is 0.0329. The third-order valence-electron chi connectivity index (χ3n) is 3.46. The standard InChI is InChI=1S/C16H16N4O7/c1-26-15(22)10-5-11(16(23)27-2)7-12(6-10)18-14(21)3-4-19-9-13(8-17-19)20(24)25/h5-9H,3-4H2,1-2H3,(H,18,21). The van der Waals surface area contributed by atoms with E-state index in [1.165, 1.54) is 43.3 Å². The highest BCUT2D eigenvalue weighted by molar-refractivity contribution is 5.99. The summed E-state index contributed by atoms with van der Waals surface area (Å²) in [5, 5.41) is 17.0. The van der Waals surface area contributed by atoms with Gasteiger partial charge in [0.2, 0.25) is 5.91 Å². The Kier molecular flexibility index (Phi) is 6.20. The number of anilines is 1. The molecule has 2 rings (SSSR count). The molecule has 0 aliphatic carbocycles. The molecule has 11 heteroatoms. The number of hydrogen-bond donors (Lipinski definition) is 1. The maximum atomic E-state index is 12.1. The lowest BCUT2D eigenvalue weighted by Gasteiger charge is -2.09. The van der Waals surface area contributed by atoms with Gasteiger partial charge in [-0.3, -0.25) is 19.6 Å². The molecule has 0 atom stereocenters. The molecule has 0 saturated carbocycles. The summed E-state index contributed by atoms with van der Waals surface area (Å²) in [7, 11) is 2.38. The lowest BCUT2D eigenvalue weighted by Crippen LogP contribution is -2.16. The number of esters is 2. The first-order chi connectivity index (χ1) is 12.8. The summed E-state index contributed by atoms with van der Waals surface area (Å²) in [4.78, 5) is 45.6. The molecule has 1 aromatic heterocycles. The first kappa shape index (κ1) is 19.6. The van der Waals surface area contributed by atoms with Gasteiger partial charge in [0.15, 0.2) is 0 Å². The zero-order valence-corrected chi connectivity index (χ0v) is 14.5. The molecule has 27 heavy (non-hydrogen) atoms. The Labute approximate surface area is 153 Å². The van der Waals surface area contributed by atoms with Crippen molar-refractivity contribution in [2.45, 2.75) is 13.0 Å². The van der Waals surface area contributed by atoms with Crippen LogP contribution < -0.4 is 5.32 Å². The molecular weight excluding hydrogens is 360 g/mol. The predicted octanol–water partition coefficient (Wildman–Crippen LogP) is 1.39. The van der Waals surface area contributed by atoms with Crippen molar-refractivity contribution in [3.63, 3.8) is 0 Å². The van der Waals surface area contributed by atoms with E-state index in [4.69, 9.17) is 0 Å². The van der Waals surface area contributed by atoms with Gasteiger partial charge in [-0.2, -0.15) is 5.10 Å². The van der Waals surface area contributed by atoms with Crippen molar-refractivity contribution >= 4 is 29.2 Å². The number of aromatic nitrogens is 2. The van der Waals surface area contributed by atoms with Gasteiger partial charge in [0.1, 0.15) is 12.4 Å². The first-order valence-corrected chi connectivity index (χ1v) is 7.62. The Hall–Kier alpha value is -3.76. The van der Waals surface area contributed by atoms with Crippen LogP contribution in [0.5, 0.6) is 0 Å². The van der Waals surface area contributed by atoms with Crippen LogP contribution in [0.15, 0.2) is 30.6 Å². The number of carbonyl (C=O) groups is 3. The van der Waals surface area contributed by atoms with Gasteiger partial charge in [-0.15, -0.1) is 0 Å². The SMILES string of the molecule is COC(=O)c1cc(NC(=O)CCn2cc([N+](=O)[O-])cn2)cc(C(=O)OC)c1. The summed E-state index contributed by atoms with van der Waals surface area (Å²) in [6, 6.07) is 4.00. The van der Waals surface area contributed by atoms with Crippen molar-refractivity contribution < 1.29 is 28.8 Å². The molecule has 0 fully saturated rings. The third kappa shape index (κ3) is 5.11. The molecule has 1 heterocycles. The Morgan fingerprint density at radius 1 is 1.15 bits per heavy atom. The zero-order valence-electron chi connectivity index (χ0n) is 14.5. The molecule has 0 radical (unpaired) electrons. The Morgan fingerprint density at radius 2 is 1.74 bits per heavy atom. The lowest BCUT2D eigenvalue weighted by molar-refractivity contribution is -0.385. The van der Waals surface area contributed by atoms with E-state index in [2.05, 4.69) is 19.9 Å². The maximum Gasteiger partial charge on any atom is 0.337 e. The molecule has 0 aliphatic rings. The molecule has 0 saturated heterocycles. The molecule has 0 bridgehead atoms. The van der Waals surface area contributed by atoms with Gasteiger partial charge < -0.3 is 14.8 Å². The number of methoxy groups -OCH3 is 2. The smallest absolute Gasteiger partial charge is 0.337 e. The highest BCUT2D eigenvalue weighted by atomic mass is 16.6. The number of hydrogen-bond acceptors (Lipinski definition) is 8. The zero-order chi connectivity index (χ0) is 20.0. The Morgan fingerprint density at radius 3 is 2.22 bits per heavy atom. The maximum absolute atomic E-state index is 12.1. The largest absolute Gasteiger partial charge is 0.465 e. The number of rotatable bonds is 7. The number of nitrogens with one attached hydrogen (secondary N) is 1. The first-order valence-electron chi connectivity index (χ1n) is 7.62. The van der Waals surface area contributed by atoms with E-state index in [9.17, 15) is 24.5 Å². The van der Waals surface area contributed by atoms with Crippen LogP contribution >= 0.6 is 0 Å². The second-order valence-corrected chi connectivity index (χ2v) is 5.30. The van der Waals surface area contributed by atoms with Crippen LogP contribution in [0, 0.1) is 10.1 Å². The van der Waals surface area contributed by atoms with Crippen LogP contribution in [0.2, 0.25) is 0 Å². The molecular formula is C16H16N4O7.